The van der Waals surface area contributed by atoms with E-state index in [0.29, 0.717) is 24.3 Å². The van der Waals surface area contributed by atoms with Gasteiger partial charge in [0.25, 0.3) is 5.91 Å². The summed E-state index contributed by atoms with van der Waals surface area (Å²) in [7, 11) is 0. The van der Waals surface area contributed by atoms with Crippen molar-refractivity contribution in [1.82, 2.24) is 5.32 Å². The lowest BCUT2D eigenvalue weighted by Crippen LogP contribution is -2.35. The average Bonchev–Trinajstić information content (AvgIpc) is 2.46. The summed E-state index contributed by atoms with van der Waals surface area (Å²) in [5, 5.41) is 2.82. The van der Waals surface area contributed by atoms with Crippen molar-refractivity contribution in [2.24, 2.45) is 5.92 Å². The van der Waals surface area contributed by atoms with Crippen LogP contribution in [0.1, 0.15) is 53.4 Å². The number of hydrogen-bond acceptors (Lipinski definition) is 2. The van der Waals surface area contributed by atoms with Gasteiger partial charge in [0.05, 0.1) is 5.57 Å². The van der Waals surface area contributed by atoms with Gasteiger partial charge in [-0.3, -0.25) is 9.59 Å². The van der Waals surface area contributed by atoms with Gasteiger partial charge >= 0.3 is 0 Å². The molecule has 1 N–H and O–H groups in total. The van der Waals surface area contributed by atoms with E-state index in [1.165, 1.54) is 5.57 Å². The second-order valence-corrected chi connectivity index (χ2v) is 6.10. The molecule has 1 aliphatic rings. The molecule has 1 rings (SSSR count). The third-order valence-electron chi connectivity index (χ3n) is 3.57. The molecule has 0 bridgehead atoms. The summed E-state index contributed by atoms with van der Waals surface area (Å²) in [4.78, 5) is 23.9. The zero-order chi connectivity index (χ0) is 16.7. The molecule has 120 valence electrons. The number of hydrogen-bond donors (Lipinski definition) is 1. The number of allylic oxidation sites excluding steroid dienone is 5. The number of carbonyl (C=O) groups excluding carboxylic acids is 2. The molecule has 3 heteroatoms. The Hall–Kier alpha value is -1.90. The molecule has 1 heterocycles. The lowest BCUT2D eigenvalue weighted by Gasteiger charge is -2.20. The van der Waals surface area contributed by atoms with Gasteiger partial charge in [-0.2, -0.15) is 0 Å². The first kappa shape index (κ1) is 18.1. The lowest BCUT2D eigenvalue weighted by atomic mass is 9.93. The molecule has 0 unspecified atom stereocenters. The molecule has 0 aromatic heterocycles. The third kappa shape index (κ3) is 5.14. The molecule has 0 fully saturated rings. The van der Waals surface area contributed by atoms with Crippen LogP contribution in [0.15, 0.2) is 47.2 Å². The Bertz CT molecular complexity index is 548. The second kappa shape index (κ2) is 8.52. The first-order valence-electron chi connectivity index (χ1n) is 7.96. The van der Waals surface area contributed by atoms with Gasteiger partial charge in [-0.1, -0.05) is 57.6 Å². The Morgan fingerprint density at radius 3 is 2.59 bits per heavy atom. The maximum Gasteiger partial charge on any atom is 0.258 e. The van der Waals surface area contributed by atoms with Crippen molar-refractivity contribution in [3.8, 4) is 0 Å². The number of Topliss-reactive ketones (excluding diaryl/α,β-unsaturated/α-hetero) is 1. The summed E-state index contributed by atoms with van der Waals surface area (Å²) >= 11 is 0. The van der Waals surface area contributed by atoms with Crippen LogP contribution in [0, 0.1) is 5.92 Å². The van der Waals surface area contributed by atoms with E-state index in [4.69, 9.17) is 0 Å². The van der Waals surface area contributed by atoms with Crippen molar-refractivity contribution in [3.05, 3.63) is 47.2 Å². The predicted octanol–water partition coefficient (Wildman–Crippen LogP) is 4.23. The van der Waals surface area contributed by atoms with E-state index < -0.39 is 0 Å². The van der Waals surface area contributed by atoms with Crippen LogP contribution in [0.2, 0.25) is 0 Å². The number of carbonyl (C=O) groups is 2. The maximum absolute atomic E-state index is 12.2. The number of amides is 1. The third-order valence-corrected chi connectivity index (χ3v) is 3.57. The maximum atomic E-state index is 12.2. The first-order valence-corrected chi connectivity index (χ1v) is 7.96. The van der Waals surface area contributed by atoms with Crippen molar-refractivity contribution in [3.63, 3.8) is 0 Å². The molecule has 22 heavy (non-hydrogen) atoms. The van der Waals surface area contributed by atoms with Crippen molar-refractivity contribution in [1.29, 1.82) is 0 Å². The van der Waals surface area contributed by atoms with E-state index in [2.05, 4.69) is 50.9 Å². The highest BCUT2D eigenvalue weighted by Crippen LogP contribution is 2.22. The highest BCUT2D eigenvalue weighted by Gasteiger charge is 2.27. The van der Waals surface area contributed by atoms with Gasteiger partial charge in [0.1, 0.15) is 0 Å². The molecule has 0 aliphatic carbocycles. The normalized spacial score (nSPS) is 17.0. The molecule has 1 amide bonds. The molecule has 0 radical (unpaired) electrons. The van der Waals surface area contributed by atoms with Crippen LogP contribution < -0.4 is 5.32 Å². The summed E-state index contributed by atoms with van der Waals surface area (Å²) < 4.78 is 0. The van der Waals surface area contributed by atoms with Gasteiger partial charge in [0.15, 0.2) is 5.78 Å². The van der Waals surface area contributed by atoms with Crippen LogP contribution >= 0.6 is 0 Å². The minimum Gasteiger partial charge on any atom is -0.325 e. The van der Waals surface area contributed by atoms with Crippen LogP contribution in [0.5, 0.6) is 0 Å². The second-order valence-electron chi connectivity index (χ2n) is 6.10. The minimum absolute atomic E-state index is 0.0489. The Labute approximate surface area is 133 Å². The summed E-state index contributed by atoms with van der Waals surface area (Å²) in [5.74, 6) is -0.0232. The molecule has 3 nitrogen and oxygen atoms in total. The zero-order valence-corrected chi connectivity index (χ0v) is 14.2. The van der Waals surface area contributed by atoms with Crippen molar-refractivity contribution in [2.75, 3.05) is 0 Å². The molecular weight excluding hydrogens is 274 g/mol. The van der Waals surface area contributed by atoms with Gasteiger partial charge in [0, 0.05) is 17.7 Å². The Morgan fingerprint density at radius 2 is 2.00 bits per heavy atom. The van der Waals surface area contributed by atoms with E-state index in [9.17, 15) is 9.59 Å². The van der Waals surface area contributed by atoms with E-state index in [1.54, 1.807) is 0 Å². The summed E-state index contributed by atoms with van der Waals surface area (Å²) in [6.07, 6.45) is 9.43. The van der Waals surface area contributed by atoms with E-state index in [0.717, 1.165) is 18.5 Å². The molecule has 0 aromatic carbocycles. The molecular formula is C19H27NO2. The summed E-state index contributed by atoms with van der Waals surface area (Å²) in [5.41, 5.74) is 2.71. The van der Waals surface area contributed by atoms with Crippen LogP contribution in [0.3, 0.4) is 0 Å². The Kier molecular flexibility index (Phi) is 7.03. The minimum atomic E-state index is -0.370. The van der Waals surface area contributed by atoms with E-state index >= 15 is 0 Å². The van der Waals surface area contributed by atoms with E-state index in [1.807, 2.05) is 6.92 Å². The summed E-state index contributed by atoms with van der Waals surface area (Å²) in [6, 6.07) is 0. The van der Waals surface area contributed by atoms with Gasteiger partial charge in [0.2, 0.25) is 0 Å². The molecule has 0 saturated carbocycles. The van der Waals surface area contributed by atoms with Crippen molar-refractivity contribution in [2.45, 2.75) is 53.4 Å². The highest BCUT2D eigenvalue weighted by atomic mass is 16.2. The van der Waals surface area contributed by atoms with Crippen LogP contribution in [-0.4, -0.2) is 11.7 Å². The quantitative estimate of drug-likeness (QED) is 0.434. The molecule has 0 spiro atoms. The monoisotopic (exact) mass is 301 g/mol. The molecule has 0 atom stereocenters. The zero-order valence-electron chi connectivity index (χ0n) is 14.2. The standard InChI is InChI=1S/C19H27NO2/c1-6-8-16-17(20-19(22)15(5)18(16)21)12-11-14(4)10-7-9-13(2)3/h7,9,11,13H,5-6,8,10,12H2,1-4H3,(H,20,22). The predicted molar refractivity (Wildman–Crippen MR) is 91.2 cm³/mol. The fraction of sp³-hybridized carbons (Fsp3) is 0.474. The topological polar surface area (TPSA) is 46.2 Å². The van der Waals surface area contributed by atoms with Crippen LogP contribution in [0.4, 0.5) is 0 Å². The van der Waals surface area contributed by atoms with Gasteiger partial charge in [-0.05, 0) is 25.7 Å². The highest BCUT2D eigenvalue weighted by molar-refractivity contribution is 6.27. The van der Waals surface area contributed by atoms with Crippen LogP contribution in [-0.2, 0) is 9.59 Å². The van der Waals surface area contributed by atoms with E-state index in [-0.39, 0.29) is 17.3 Å². The number of nitrogens with one attached hydrogen (secondary N) is 1. The van der Waals surface area contributed by atoms with Gasteiger partial charge < -0.3 is 5.32 Å². The number of ketones is 1. The fourth-order valence-electron chi connectivity index (χ4n) is 2.28. The average molecular weight is 301 g/mol. The fourth-order valence-corrected chi connectivity index (χ4v) is 2.28. The molecule has 0 saturated heterocycles. The Balaban J connectivity index is 2.85. The lowest BCUT2D eigenvalue weighted by molar-refractivity contribution is -0.121. The largest absolute Gasteiger partial charge is 0.325 e. The summed E-state index contributed by atoms with van der Waals surface area (Å²) in [6.45, 7) is 12.0. The first-order chi connectivity index (χ1) is 10.4. The van der Waals surface area contributed by atoms with Crippen molar-refractivity contribution >= 4 is 11.7 Å². The van der Waals surface area contributed by atoms with Gasteiger partial charge in [-0.25, -0.2) is 0 Å². The van der Waals surface area contributed by atoms with Crippen molar-refractivity contribution < 1.29 is 9.59 Å². The molecule has 1 aliphatic heterocycles. The Morgan fingerprint density at radius 1 is 1.32 bits per heavy atom. The number of rotatable bonds is 7. The SMILES string of the molecule is C=C1C(=O)NC(CC=C(C)CC=CC(C)C)=C(CCC)C1=O. The van der Waals surface area contributed by atoms with Gasteiger partial charge in [-0.15, -0.1) is 0 Å². The van der Waals surface area contributed by atoms with Crippen LogP contribution in [0.25, 0.3) is 0 Å². The molecule has 0 aromatic rings. The smallest absolute Gasteiger partial charge is 0.258 e.